The normalized spacial score (nSPS) is 46.8. The molecule has 0 radical (unpaired) electrons. The number of rotatable bonds is 5. The van der Waals surface area contributed by atoms with Crippen molar-refractivity contribution >= 4 is 64.3 Å². The summed E-state index contributed by atoms with van der Waals surface area (Å²) < 4.78 is 29.5. The van der Waals surface area contributed by atoms with Gasteiger partial charge in [0.05, 0.1) is 19.8 Å². The van der Waals surface area contributed by atoms with Gasteiger partial charge in [0.2, 0.25) is 15.3 Å². The minimum atomic E-state index is -1.94. The Morgan fingerprint density at radius 1 is 1.08 bits per heavy atom. The minimum absolute atomic E-state index is 0.00176. The molecule has 1 spiro atoms. The molecule has 0 aromatic carbocycles. The smallest absolute Gasteiger partial charge is 0.342 e. The molecule has 0 aromatic heterocycles. The van der Waals surface area contributed by atoms with Gasteiger partial charge in [-0.15, -0.1) is 0 Å². The average molecular weight is 616 g/mol. The monoisotopic (exact) mass is 614 g/mol. The molecule has 11 atom stereocenters. The number of hydrogen-bond acceptors (Lipinski definition) is 9. The van der Waals surface area contributed by atoms with Crippen molar-refractivity contribution in [1.29, 1.82) is 0 Å². The fourth-order valence-corrected chi connectivity index (χ4v) is 8.73. The number of aliphatic hydroxyl groups is 1. The molecule has 38 heavy (non-hydrogen) atoms. The lowest BCUT2D eigenvalue weighted by molar-refractivity contribution is -0.323. The van der Waals surface area contributed by atoms with Gasteiger partial charge in [-0.3, -0.25) is 0 Å². The van der Waals surface area contributed by atoms with Gasteiger partial charge in [-0.1, -0.05) is 72.4 Å². The van der Waals surface area contributed by atoms with E-state index in [1.807, 2.05) is 0 Å². The third-order valence-electron chi connectivity index (χ3n) is 9.73. The van der Waals surface area contributed by atoms with E-state index in [2.05, 4.69) is 26.0 Å². The van der Waals surface area contributed by atoms with Crippen molar-refractivity contribution in [3.8, 4) is 0 Å². The second-order valence-corrected chi connectivity index (χ2v) is 13.4. The molecule has 9 nitrogen and oxygen atoms in total. The van der Waals surface area contributed by atoms with Crippen molar-refractivity contribution in [1.82, 2.24) is 0 Å². The highest BCUT2D eigenvalue weighted by molar-refractivity contribution is 6.53. The summed E-state index contributed by atoms with van der Waals surface area (Å²) >= 11 is 23.5. The molecule has 212 valence electrons. The standard InChI is InChI=1S/C25H30Cl4O9/c1-10-5-4-6-23(2)11(10)7-13-24-9-35-25(22(33)34-3,12(24)8-14(30)36-13)17(38-21(32)19(28)29)15(16(23)24)37-20(31)18(26)27/h4-5,10-19,30H,6-9H2,1-3H3/t10-,11+,12-,13-,14?,15-,16-,17+,23+,24-,25+/m1/s1. The molecule has 0 amide bonds. The second kappa shape index (κ2) is 9.93. The fraction of sp³-hybridized carbons (Fsp3) is 0.800. The highest BCUT2D eigenvalue weighted by Crippen LogP contribution is 2.73. The lowest BCUT2D eigenvalue weighted by Gasteiger charge is -2.68. The molecule has 3 aliphatic carbocycles. The first kappa shape index (κ1) is 28.7. The Balaban J connectivity index is 1.77. The van der Waals surface area contributed by atoms with Gasteiger partial charge in [0.25, 0.3) is 0 Å². The zero-order chi connectivity index (χ0) is 27.8. The van der Waals surface area contributed by atoms with E-state index in [0.29, 0.717) is 12.8 Å². The molecule has 0 aromatic rings. The Bertz CT molecular complexity index is 1040. The summed E-state index contributed by atoms with van der Waals surface area (Å²) in [5, 5.41) is 10.8. The van der Waals surface area contributed by atoms with Crippen molar-refractivity contribution < 1.29 is 43.2 Å². The van der Waals surface area contributed by atoms with Crippen LogP contribution >= 0.6 is 46.4 Å². The van der Waals surface area contributed by atoms with Gasteiger partial charge in [0.1, 0.15) is 6.10 Å². The van der Waals surface area contributed by atoms with Crippen molar-refractivity contribution in [3.05, 3.63) is 12.2 Å². The summed E-state index contributed by atoms with van der Waals surface area (Å²) in [5.74, 6) is -3.97. The Morgan fingerprint density at radius 3 is 2.37 bits per heavy atom. The third kappa shape index (κ3) is 3.86. The molecule has 1 N–H and O–H groups in total. The van der Waals surface area contributed by atoms with E-state index in [4.69, 9.17) is 70.1 Å². The molecule has 2 heterocycles. The minimum Gasteiger partial charge on any atom is -0.467 e. The number of methoxy groups -OCH3 is 1. The number of carbonyl (C=O) groups excluding carboxylic acids is 3. The lowest BCUT2D eigenvalue weighted by atomic mass is 9.38. The molecule has 4 fully saturated rings. The Labute approximate surface area is 240 Å². The summed E-state index contributed by atoms with van der Waals surface area (Å²) in [6.45, 7) is 4.22. The zero-order valence-corrected chi connectivity index (χ0v) is 24.0. The molecule has 2 aliphatic heterocycles. The zero-order valence-electron chi connectivity index (χ0n) is 21.0. The van der Waals surface area contributed by atoms with Crippen molar-refractivity contribution in [3.63, 3.8) is 0 Å². The van der Waals surface area contributed by atoms with Crippen LogP contribution in [0.2, 0.25) is 0 Å². The van der Waals surface area contributed by atoms with E-state index in [-0.39, 0.29) is 24.9 Å². The number of esters is 3. The van der Waals surface area contributed by atoms with Crippen LogP contribution in [0.15, 0.2) is 12.2 Å². The van der Waals surface area contributed by atoms with E-state index in [1.54, 1.807) is 0 Å². The van der Waals surface area contributed by atoms with E-state index in [9.17, 15) is 19.5 Å². The van der Waals surface area contributed by atoms with Gasteiger partial charge in [0.15, 0.2) is 12.4 Å². The van der Waals surface area contributed by atoms with Crippen LogP contribution in [0.5, 0.6) is 0 Å². The topological polar surface area (TPSA) is 118 Å². The first-order chi connectivity index (χ1) is 17.8. The first-order valence-electron chi connectivity index (χ1n) is 12.5. The molecule has 2 saturated heterocycles. The van der Waals surface area contributed by atoms with E-state index in [1.165, 1.54) is 7.11 Å². The Kier molecular flexibility index (Phi) is 7.50. The predicted octanol–water partition coefficient (Wildman–Crippen LogP) is 3.32. The van der Waals surface area contributed by atoms with E-state index >= 15 is 0 Å². The summed E-state index contributed by atoms with van der Waals surface area (Å²) in [5.41, 5.74) is -3.35. The SMILES string of the molecule is COC(=O)[C@@]12OC[C@]34[C@H]([C@@H](OC(=O)C(Cl)Cl)[C@@H]1OC(=O)C(Cl)Cl)[C@@]1(C)CC=C[C@@H](C)[C@@H]1C[C@H]3OC(O)C[C@@H]24. The number of fused-ring (bicyclic) bond motifs is 2. The van der Waals surface area contributed by atoms with Gasteiger partial charge in [0, 0.05) is 23.7 Å². The number of ether oxygens (including phenoxy) is 5. The molecular weight excluding hydrogens is 586 g/mol. The van der Waals surface area contributed by atoms with Crippen molar-refractivity contribution in [2.45, 2.75) is 73.0 Å². The maximum atomic E-state index is 13.6. The van der Waals surface area contributed by atoms with Gasteiger partial charge in [-0.2, -0.15) is 0 Å². The summed E-state index contributed by atoms with van der Waals surface area (Å²) in [7, 11) is 1.18. The summed E-state index contributed by atoms with van der Waals surface area (Å²) in [6, 6.07) is 0. The predicted molar refractivity (Wildman–Crippen MR) is 135 cm³/mol. The number of carbonyl (C=O) groups is 3. The maximum absolute atomic E-state index is 13.6. The fourth-order valence-electron chi connectivity index (χ4n) is 8.52. The molecule has 5 aliphatic rings. The number of hydrogen-bond donors (Lipinski definition) is 1. The molecule has 2 bridgehead atoms. The quantitative estimate of drug-likeness (QED) is 0.215. The van der Waals surface area contributed by atoms with Crippen molar-refractivity contribution in [2.75, 3.05) is 13.7 Å². The maximum Gasteiger partial charge on any atom is 0.342 e. The van der Waals surface area contributed by atoms with Crippen LogP contribution in [-0.2, 0) is 38.1 Å². The van der Waals surface area contributed by atoms with E-state index < -0.39 is 80.4 Å². The van der Waals surface area contributed by atoms with Gasteiger partial charge < -0.3 is 28.8 Å². The molecule has 13 heteroatoms. The van der Waals surface area contributed by atoms with Crippen LogP contribution in [0.4, 0.5) is 0 Å². The Morgan fingerprint density at radius 2 is 1.74 bits per heavy atom. The highest BCUT2D eigenvalue weighted by Gasteiger charge is 2.83. The second-order valence-electron chi connectivity index (χ2n) is 11.2. The van der Waals surface area contributed by atoms with Gasteiger partial charge in [-0.05, 0) is 30.1 Å². The molecule has 2 saturated carbocycles. The Hall–Kier alpha value is -0.810. The largest absolute Gasteiger partial charge is 0.467 e. The average Bonchev–Trinajstić information content (AvgIpc) is 3.12. The van der Waals surface area contributed by atoms with Crippen LogP contribution in [0.3, 0.4) is 0 Å². The van der Waals surface area contributed by atoms with Crippen LogP contribution in [0, 0.1) is 34.5 Å². The lowest BCUT2D eigenvalue weighted by Crippen LogP contribution is -2.77. The first-order valence-corrected chi connectivity index (χ1v) is 14.3. The highest BCUT2D eigenvalue weighted by atomic mass is 35.5. The van der Waals surface area contributed by atoms with Crippen LogP contribution in [0.1, 0.15) is 33.1 Å². The number of alkyl halides is 4. The third-order valence-corrected chi connectivity index (χ3v) is 10.4. The van der Waals surface area contributed by atoms with E-state index in [0.717, 1.165) is 0 Å². The van der Waals surface area contributed by atoms with Crippen molar-refractivity contribution in [2.24, 2.45) is 34.5 Å². The number of aliphatic hydroxyl groups excluding tert-OH is 1. The number of allylic oxidation sites excluding steroid dienone is 2. The van der Waals surface area contributed by atoms with Crippen LogP contribution < -0.4 is 0 Å². The van der Waals surface area contributed by atoms with Gasteiger partial charge in [-0.25, -0.2) is 14.4 Å². The van der Waals surface area contributed by atoms with Crippen LogP contribution in [-0.4, -0.2) is 76.6 Å². The summed E-state index contributed by atoms with van der Waals surface area (Å²) in [6.07, 6.45) is 0.899. The molecule has 5 rings (SSSR count). The van der Waals surface area contributed by atoms with Gasteiger partial charge >= 0.3 is 17.9 Å². The summed E-state index contributed by atoms with van der Waals surface area (Å²) in [4.78, 5) is 36.3. The molecular formula is C25H30Cl4O9. The van der Waals surface area contributed by atoms with Crippen LogP contribution in [0.25, 0.3) is 0 Å². The number of halogens is 4. The molecule has 1 unspecified atom stereocenters.